The number of benzene rings is 7. The van der Waals surface area contributed by atoms with E-state index in [9.17, 15) is 110 Å². The lowest BCUT2D eigenvalue weighted by atomic mass is 9.12. The van der Waals surface area contributed by atoms with Crippen LogP contribution in [0.25, 0.3) is 10.9 Å². The molecule has 0 spiro atoms. The fraction of sp³-hybridized carbons (Fsp3) is 0.164. The Hall–Kier alpha value is -7.91. The van der Waals surface area contributed by atoms with Crippen LogP contribution in [0.3, 0.4) is 0 Å². The average Bonchev–Trinajstić information content (AvgIpc) is 0.841. The molecule has 0 saturated heterocycles. The summed E-state index contributed by atoms with van der Waals surface area (Å²) in [7, 11) is 0. The first-order valence-electron chi connectivity index (χ1n) is 23.3. The molecule has 8 rings (SSSR count). The molecule has 0 aliphatic rings. The van der Waals surface area contributed by atoms with Gasteiger partial charge in [0.05, 0.1) is 44.5 Å². The third-order valence-corrected chi connectivity index (χ3v) is 13.0. The first kappa shape index (κ1) is 63.7. The summed E-state index contributed by atoms with van der Waals surface area (Å²) in [6.45, 7) is 0.572. The van der Waals surface area contributed by atoms with E-state index >= 15 is 0 Å². The number of alkyl halides is 24. The Balaban J connectivity index is 0.000000309. The van der Waals surface area contributed by atoms with Crippen LogP contribution in [0.4, 0.5) is 105 Å². The lowest BCUT2D eigenvalue weighted by Gasteiger charge is -2.46. The van der Waals surface area contributed by atoms with Crippen molar-refractivity contribution in [1.29, 1.82) is 0 Å². The molecule has 0 aliphatic carbocycles. The Morgan fingerprint density at radius 2 is 0.690 bits per heavy atom. The van der Waals surface area contributed by atoms with Gasteiger partial charge in [-0.3, -0.25) is 0 Å². The molecule has 3 nitrogen and oxygen atoms in total. The summed E-state index contributed by atoms with van der Waals surface area (Å²) in [5, 5.41) is 1.59. The number of nitrogens with zero attached hydrogens (tertiary/aromatic N) is 1. The highest BCUT2D eigenvalue weighted by atomic mass is 35.5. The molecule has 29 heteroatoms. The zero-order valence-corrected chi connectivity index (χ0v) is 41.8. The fourth-order valence-electron chi connectivity index (χ4n) is 9.14. The van der Waals surface area contributed by atoms with Crippen molar-refractivity contribution in [3.63, 3.8) is 0 Å². The Bertz CT molecular complexity index is 3290. The number of hydrogen-bond donors (Lipinski definition) is 0. The van der Waals surface area contributed by atoms with Crippen LogP contribution >= 0.6 is 11.6 Å². The molecule has 84 heavy (non-hydrogen) atoms. The van der Waals surface area contributed by atoms with Crippen LogP contribution in [0.15, 0.2) is 164 Å². The van der Waals surface area contributed by atoms with Crippen molar-refractivity contribution in [2.24, 2.45) is 0 Å². The van der Waals surface area contributed by atoms with Gasteiger partial charge in [-0.15, -0.1) is 0 Å². The van der Waals surface area contributed by atoms with Gasteiger partial charge >= 0.3 is 55.4 Å². The molecule has 8 aromatic rings. The number of esters is 1. The van der Waals surface area contributed by atoms with E-state index in [1.54, 1.807) is 30.3 Å². The van der Waals surface area contributed by atoms with Crippen LogP contribution in [-0.2, 0) is 56.0 Å². The third-order valence-electron chi connectivity index (χ3n) is 12.8. The van der Waals surface area contributed by atoms with Gasteiger partial charge in [0.1, 0.15) is 11.9 Å². The summed E-state index contributed by atoms with van der Waals surface area (Å²) in [6.07, 6.45) is -54.8. The number of halogens is 25. The summed E-state index contributed by atoms with van der Waals surface area (Å²) in [6, 6.07) is 19.8. The Kier molecular flexibility index (Phi) is 17.1. The summed E-state index contributed by atoms with van der Waals surface area (Å²) in [4.78, 5) is 12.9. The minimum atomic E-state index is -6.13. The van der Waals surface area contributed by atoms with Gasteiger partial charge < -0.3 is 4.74 Å². The fourth-order valence-corrected chi connectivity index (χ4v) is 9.32. The first-order valence-corrected chi connectivity index (χ1v) is 23.6. The molecule has 1 aromatic heterocycles. The molecular formula is C55H29BClF24NO2. The number of fused-ring (bicyclic) bond motifs is 1. The van der Waals surface area contributed by atoms with Crippen molar-refractivity contribution in [1.82, 2.24) is 0 Å². The minimum Gasteiger partial charge on any atom is -0.419 e. The van der Waals surface area contributed by atoms with Gasteiger partial charge in [0.15, 0.2) is 6.54 Å². The number of carbonyl (C=O) groups is 1. The number of rotatable bonds is 8. The third kappa shape index (κ3) is 14.3. The van der Waals surface area contributed by atoms with E-state index in [0.29, 0.717) is 23.0 Å². The molecule has 0 fully saturated rings. The second-order valence-corrected chi connectivity index (χ2v) is 18.9. The molecule has 0 unspecified atom stereocenters. The Labute approximate surface area is 461 Å². The van der Waals surface area contributed by atoms with E-state index in [2.05, 4.69) is 0 Å². The first-order chi connectivity index (χ1) is 38.5. The van der Waals surface area contributed by atoms with Crippen LogP contribution in [-0.4, -0.2) is 12.1 Å². The molecule has 0 amide bonds. The SMILES string of the molecule is FC(F)(F)c1cc([B-](c2cc(C(F)(F)F)cc(C(F)(F)F)c2)(c2cc(C(F)(F)F)cc(C(F)(F)F)c2)c2cc(C(F)(F)F)cc(C(F)(F)F)c2)cc(C(F)(F)F)c1.O=C(Oc1cccc(Cl)c1)c1ccc2ccccc2[n+]1Cc1ccccc1. The van der Waals surface area contributed by atoms with Crippen LogP contribution in [0, 0.1) is 0 Å². The predicted molar refractivity (Wildman–Crippen MR) is 256 cm³/mol. The topological polar surface area (TPSA) is 30.2 Å². The molecule has 0 N–H and O–H groups in total. The molecule has 0 atom stereocenters. The summed E-state index contributed by atoms with van der Waals surface area (Å²) < 4.78 is 348. The maximum atomic E-state index is 14.2. The summed E-state index contributed by atoms with van der Waals surface area (Å²) in [5.74, 6) is 0.00544. The maximum absolute atomic E-state index is 14.2. The van der Waals surface area contributed by atoms with Crippen LogP contribution in [0.5, 0.6) is 5.75 Å². The monoisotopic (exact) mass is 1240 g/mol. The molecule has 0 aliphatic heterocycles. The van der Waals surface area contributed by atoms with E-state index in [1.165, 1.54) is 0 Å². The highest BCUT2D eigenvalue weighted by Crippen LogP contribution is 2.42. The lowest BCUT2D eigenvalue weighted by Crippen LogP contribution is -2.75. The van der Waals surface area contributed by atoms with Crippen molar-refractivity contribution in [2.75, 3.05) is 0 Å². The van der Waals surface area contributed by atoms with Crippen LogP contribution in [0.2, 0.25) is 5.02 Å². The van der Waals surface area contributed by atoms with Crippen LogP contribution < -0.4 is 31.2 Å². The van der Waals surface area contributed by atoms with Gasteiger partial charge in [-0.2, -0.15) is 132 Å². The van der Waals surface area contributed by atoms with Crippen molar-refractivity contribution in [3.05, 3.63) is 225 Å². The largest absolute Gasteiger partial charge is 0.419 e. The van der Waals surface area contributed by atoms with E-state index in [0.717, 1.165) is 16.5 Å². The molecule has 7 aromatic carbocycles. The van der Waals surface area contributed by atoms with Gasteiger partial charge in [-0.25, -0.2) is 4.79 Å². The second kappa shape index (κ2) is 22.6. The number of carbonyl (C=O) groups excluding carboxylic acids is 1. The van der Waals surface area contributed by atoms with E-state index in [4.69, 9.17) is 16.3 Å². The molecule has 0 radical (unpaired) electrons. The van der Waals surface area contributed by atoms with Gasteiger partial charge in [0, 0.05) is 28.1 Å². The standard InChI is InChI=1S/C32H12BF24.C23H17ClNO2/c34-25(35,36)13-1-14(26(37,38)39)6-21(5-13)33(22-7-15(27(40,41)42)2-16(8-22)28(43,44)45,23-9-17(29(46,47)48)3-18(10-23)30(49,50)51)24-11-19(31(52,53)54)4-20(12-24)32(55,56)57;24-19-10-6-11-20(15-19)27-23(26)22-14-13-18-9-4-5-12-21(18)25(22)16-17-7-2-1-3-8-17/h1-12H;1-15H,16H2/q-1;+1. The normalized spacial score (nSPS) is 13.2. The van der Waals surface area contributed by atoms with Gasteiger partial charge in [0.2, 0.25) is 5.52 Å². The summed E-state index contributed by atoms with van der Waals surface area (Å²) in [5.41, 5.74) is -27.6. The van der Waals surface area contributed by atoms with E-state index in [1.807, 2.05) is 65.2 Å². The number of pyridine rings is 1. The van der Waals surface area contributed by atoms with Gasteiger partial charge in [-0.05, 0) is 54.6 Å². The molecule has 0 saturated carbocycles. The Morgan fingerprint density at radius 1 is 0.369 bits per heavy atom. The second-order valence-electron chi connectivity index (χ2n) is 18.4. The molecule has 444 valence electrons. The van der Waals surface area contributed by atoms with Crippen LogP contribution in [0.1, 0.15) is 60.6 Å². The van der Waals surface area contributed by atoms with Crippen molar-refractivity contribution in [3.8, 4) is 5.75 Å². The highest BCUT2D eigenvalue weighted by molar-refractivity contribution is 7.20. The maximum Gasteiger partial charge on any atom is 0.416 e. The quantitative estimate of drug-likeness (QED) is 0.0499. The summed E-state index contributed by atoms with van der Waals surface area (Å²) >= 11 is 5.99. The van der Waals surface area contributed by atoms with E-state index in [-0.39, 0.29) is 0 Å². The predicted octanol–water partition coefficient (Wildman–Crippen LogP) is 16.3. The van der Waals surface area contributed by atoms with Crippen molar-refractivity contribution >= 4 is 56.5 Å². The Morgan fingerprint density at radius 3 is 1.01 bits per heavy atom. The molecular weight excluding hydrogens is 1210 g/mol. The number of para-hydroxylation sites is 1. The van der Waals surface area contributed by atoms with Gasteiger partial charge in [-0.1, -0.05) is 109 Å². The van der Waals surface area contributed by atoms with E-state index < -0.39 is 201 Å². The smallest absolute Gasteiger partial charge is 0.416 e. The van der Waals surface area contributed by atoms with Crippen molar-refractivity contribution < 1.29 is 119 Å². The number of aromatic nitrogens is 1. The molecule has 0 bridgehead atoms. The lowest BCUT2D eigenvalue weighted by molar-refractivity contribution is -0.664. The zero-order valence-electron chi connectivity index (χ0n) is 41.1. The van der Waals surface area contributed by atoms with Crippen molar-refractivity contribution in [2.45, 2.75) is 56.0 Å². The highest BCUT2D eigenvalue weighted by Gasteiger charge is 2.47. The van der Waals surface area contributed by atoms with Gasteiger partial charge in [0.25, 0.3) is 5.69 Å². The minimum absolute atomic E-state index is 0.418. The number of hydrogen-bond acceptors (Lipinski definition) is 2. The average molecular weight is 1240 g/mol. The zero-order chi connectivity index (χ0) is 62.6. The molecule has 1 heterocycles. The number of ether oxygens (including phenoxy) is 1.